The highest BCUT2D eigenvalue weighted by Crippen LogP contribution is 2.25. The zero-order chi connectivity index (χ0) is 10.4. The monoisotopic (exact) mass is 281 g/mol. The van der Waals surface area contributed by atoms with Crippen molar-refractivity contribution < 1.29 is 0 Å². The number of pyridine rings is 2. The Morgan fingerprint density at radius 1 is 1.27 bits per heavy atom. The van der Waals surface area contributed by atoms with Gasteiger partial charge in [0.2, 0.25) is 0 Å². The quantitative estimate of drug-likeness (QED) is 0.592. The van der Waals surface area contributed by atoms with E-state index in [9.17, 15) is 0 Å². The molecule has 0 N–H and O–H groups in total. The molecular formula is C10H5BrClN3. The zero-order valence-electron chi connectivity index (χ0n) is 7.48. The Morgan fingerprint density at radius 2 is 2.13 bits per heavy atom. The van der Waals surface area contributed by atoms with Gasteiger partial charge in [-0.3, -0.25) is 4.40 Å². The van der Waals surface area contributed by atoms with E-state index in [1.54, 1.807) is 18.7 Å². The molecule has 0 fully saturated rings. The number of nitrogens with zero attached hydrogens (tertiary/aromatic N) is 3. The van der Waals surface area contributed by atoms with E-state index < -0.39 is 0 Å². The normalized spacial score (nSPS) is 11.3. The van der Waals surface area contributed by atoms with Crippen molar-refractivity contribution in [2.75, 3.05) is 0 Å². The van der Waals surface area contributed by atoms with Crippen molar-refractivity contribution in [2.45, 2.75) is 0 Å². The molecule has 0 atom stereocenters. The Kier molecular flexibility index (Phi) is 1.94. The van der Waals surface area contributed by atoms with Crippen LogP contribution in [0.25, 0.3) is 16.3 Å². The van der Waals surface area contributed by atoms with Crippen molar-refractivity contribution >= 4 is 43.8 Å². The summed E-state index contributed by atoms with van der Waals surface area (Å²) in [6, 6.07) is 3.84. The number of hydrogen-bond acceptors (Lipinski definition) is 2. The second-order valence-electron chi connectivity index (χ2n) is 3.21. The zero-order valence-corrected chi connectivity index (χ0v) is 9.83. The van der Waals surface area contributed by atoms with Crippen LogP contribution in [0.4, 0.5) is 0 Å². The highest BCUT2D eigenvalue weighted by atomic mass is 79.9. The summed E-state index contributed by atoms with van der Waals surface area (Å²) in [7, 11) is 0. The maximum Gasteiger partial charge on any atom is 0.115 e. The molecule has 3 aromatic heterocycles. The molecule has 3 aromatic rings. The van der Waals surface area contributed by atoms with Crippen molar-refractivity contribution in [3.63, 3.8) is 0 Å². The Balaban J connectivity index is 2.61. The molecule has 0 amide bonds. The Labute approximate surface area is 98.8 Å². The minimum absolute atomic E-state index is 0.638. The highest BCUT2D eigenvalue weighted by molar-refractivity contribution is 9.10. The first-order valence-corrected chi connectivity index (χ1v) is 5.48. The lowest BCUT2D eigenvalue weighted by molar-refractivity contribution is 1.16. The number of imidazole rings is 1. The topological polar surface area (TPSA) is 30.2 Å². The lowest BCUT2D eigenvalue weighted by atomic mass is 10.2. The third-order valence-electron chi connectivity index (χ3n) is 2.32. The molecule has 0 saturated heterocycles. The Morgan fingerprint density at radius 3 is 3.00 bits per heavy atom. The fourth-order valence-electron chi connectivity index (χ4n) is 1.64. The van der Waals surface area contributed by atoms with Crippen molar-refractivity contribution in [3.8, 4) is 0 Å². The van der Waals surface area contributed by atoms with E-state index in [0.717, 1.165) is 20.9 Å². The SMILES string of the molecule is Clc1cc2cnc(Br)cc2c2cncn12. The van der Waals surface area contributed by atoms with Gasteiger partial charge >= 0.3 is 0 Å². The predicted octanol–water partition coefficient (Wildman–Crippen LogP) is 3.30. The molecule has 0 radical (unpaired) electrons. The fraction of sp³-hybridized carbons (Fsp3) is 0. The van der Waals surface area contributed by atoms with Gasteiger partial charge in [0, 0.05) is 17.0 Å². The van der Waals surface area contributed by atoms with Gasteiger partial charge in [-0.05, 0) is 28.1 Å². The van der Waals surface area contributed by atoms with Gasteiger partial charge in [0.25, 0.3) is 0 Å². The minimum Gasteiger partial charge on any atom is -0.289 e. The maximum atomic E-state index is 6.10. The van der Waals surface area contributed by atoms with E-state index in [1.807, 2.05) is 16.5 Å². The second kappa shape index (κ2) is 3.18. The van der Waals surface area contributed by atoms with Crippen molar-refractivity contribution in [1.29, 1.82) is 0 Å². The Hall–Kier alpha value is -1.13. The predicted molar refractivity (Wildman–Crippen MR) is 63.2 cm³/mol. The Bertz CT molecular complexity index is 662. The number of rotatable bonds is 0. The van der Waals surface area contributed by atoms with Crippen LogP contribution in [0.15, 0.2) is 35.5 Å². The second-order valence-corrected chi connectivity index (χ2v) is 4.41. The molecule has 0 aliphatic heterocycles. The molecular weight excluding hydrogens is 277 g/mol. The number of fused-ring (bicyclic) bond motifs is 3. The van der Waals surface area contributed by atoms with Gasteiger partial charge in [-0.1, -0.05) is 11.6 Å². The minimum atomic E-state index is 0.638. The molecule has 15 heavy (non-hydrogen) atoms. The molecule has 0 aromatic carbocycles. The highest BCUT2D eigenvalue weighted by Gasteiger charge is 2.05. The van der Waals surface area contributed by atoms with E-state index in [0.29, 0.717) is 5.15 Å². The van der Waals surface area contributed by atoms with E-state index in [2.05, 4.69) is 25.9 Å². The van der Waals surface area contributed by atoms with Gasteiger partial charge in [-0.2, -0.15) is 0 Å². The summed E-state index contributed by atoms with van der Waals surface area (Å²) in [5.41, 5.74) is 0.987. The summed E-state index contributed by atoms with van der Waals surface area (Å²) in [5.74, 6) is 0. The number of aromatic nitrogens is 3. The maximum absolute atomic E-state index is 6.10. The van der Waals surface area contributed by atoms with Gasteiger partial charge in [0.05, 0.1) is 11.7 Å². The summed E-state index contributed by atoms with van der Waals surface area (Å²) < 4.78 is 2.65. The number of hydrogen-bond donors (Lipinski definition) is 0. The molecule has 0 spiro atoms. The van der Waals surface area contributed by atoms with Gasteiger partial charge < -0.3 is 0 Å². The van der Waals surface area contributed by atoms with Crippen molar-refractivity contribution in [3.05, 3.63) is 40.6 Å². The number of halogens is 2. The third kappa shape index (κ3) is 1.33. The van der Waals surface area contributed by atoms with Crippen LogP contribution in [-0.4, -0.2) is 14.4 Å². The average Bonchev–Trinajstić information content (AvgIpc) is 2.69. The van der Waals surface area contributed by atoms with E-state index in [1.165, 1.54) is 0 Å². The summed E-state index contributed by atoms with van der Waals surface area (Å²) in [4.78, 5) is 8.25. The molecule has 0 bridgehead atoms. The van der Waals surface area contributed by atoms with Gasteiger partial charge in [0.15, 0.2) is 0 Å². The first-order valence-electron chi connectivity index (χ1n) is 4.31. The fourth-order valence-corrected chi connectivity index (χ4v) is 2.22. The van der Waals surface area contributed by atoms with Crippen LogP contribution < -0.4 is 0 Å². The average molecular weight is 283 g/mol. The third-order valence-corrected chi connectivity index (χ3v) is 3.05. The van der Waals surface area contributed by atoms with Crippen molar-refractivity contribution in [1.82, 2.24) is 14.4 Å². The summed E-state index contributed by atoms with van der Waals surface area (Å²) in [5, 5.41) is 2.73. The van der Waals surface area contributed by atoms with Crippen LogP contribution in [0.3, 0.4) is 0 Å². The molecule has 0 saturated carbocycles. The van der Waals surface area contributed by atoms with Gasteiger partial charge in [-0.25, -0.2) is 9.97 Å². The summed E-state index contributed by atoms with van der Waals surface area (Å²) in [6.45, 7) is 0. The smallest absolute Gasteiger partial charge is 0.115 e. The van der Waals surface area contributed by atoms with E-state index >= 15 is 0 Å². The van der Waals surface area contributed by atoms with E-state index in [-0.39, 0.29) is 0 Å². The lowest BCUT2D eigenvalue weighted by Gasteiger charge is -2.03. The summed E-state index contributed by atoms with van der Waals surface area (Å²) >= 11 is 9.45. The lowest BCUT2D eigenvalue weighted by Crippen LogP contribution is -1.87. The largest absolute Gasteiger partial charge is 0.289 e. The van der Waals surface area contributed by atoms with Crippen molar-refractivity contribution in [2.24, 2.45) is 0 Å². The standard InChI is InChI=1S/C10H5BrClN3/c11-9-2-7-6(3-14-9)1-10(12)15-5-13-4-8(7)15/h1-5H. The molecule has 3 heterocycles. The van der Waals surface area contributed by atoms with Crippen LogP contribution in [0.5, 0.6) is 0 Å². The molecule has 0 unspecified atom stereocenters. The molecule has 0 aliphatic rings. The molecule has 74 valence electrons. The van der Waals surface area contributed by atoms with Crippen LogP contribution in [0.1, 0.15) is 0 Å². The van der Waals surface area contributed by atoms with Crippen LogP contribution in [0, 0.1) is 0 Å². The molecule has 0 aliphatic carbocycles. The first kappa shape index (κ1) is 9.12. The van der Waals surface area contributed by atoms with Crippen LogP contribution in [-0.2, 0) is 0 Å². The molecule has 3 rings (SSSR count). The van der Waals surface area contributed by atoms with Crippen LogP contribution in [0.2, 0.25) is 5.15 Å². The van der Waals surface area contributed by atoms with E-state index in [4.69, 9.17) is 11.6 Å². The molecule has 3 nitrogen and oxygen atoms in total. The molecule has 5 heteroatoms. The first-order chi connectivity index (χ1) is 7.25. The summed E-state index contributed by atoms with van der Waals surface area (Å²) in [6.07, 6.45) is 5.28. The van der Waals surface area contributed by atoms with Gasteiger partial charge in [0.1, 0.15) is 16.1 Å². The van der Waals surface area contributed by atoms with Crippen LogP contribution >= 0.6 is 27.5 Å². The van der Waals surface area contributed by atoms with Gasteiger partial charge in [-0.15, -0.1) is 0 Å².